The highest BCUT2D eigenvalue weighted by Gasteiger charge is 2.35. The summed E-state index contributed by atoms with van der Waals surface area (Å²) in [4.78, 5) is 0.928. The van der Waals surface area contributed by atoms with E-state index >= 15 is 0 Å². The molecule has 0 radical (unpaired) electrons. The number of hydrogen-bond donors (Lipinski definition) is 0. The van der Waals surface area contributed by atoms with Gasteiger partial charge in [-0.3, -0.25) is 0 Å². The first kappa shape index (κ1) is 21.9. The summed E-state index contributed by atoms with van der Waals surface area (Å²) in [5, 5.41) is 0. The summed E-state index contributed by atoms with van der Waals surface area (Å²) in [5.74, 6) is -21.4. The Morgan fingerprint density at radius 2 is 0.929 bits per heavy atom. The molecular formula is C18H14F9N. The molecule has 0 aliphatic heterocycles. The minimum absolute atomic E-state index is 0.0726. The van der Waals surface area contributed by atoms with Gasteiger partial charge < -0.3 is 4.90 Å². The maximum Gasteiger partial charge on any atom is 0.200 e. The number of unbranched alkanes of at least 4 members (excludes halogenated alkanes) is 1. The van der Waals surface area contributed by atoms with Gasteiger partial charge in [0, 0.05) is 13.1 Å². The number of rotatable bonds is 6. The standard InChI is InChI=1S/C18H14F9N/c1-3-5-6-28(4-2)18-8(11(21)14(24)16(26)17(18)27)7-9(19)12(22)15(25)13(23)10(7)20/h3-6H2,1-2H3. The zero-order valence-corrected chi connectivity index (χ0v) is 14.7. The SMILES string of the molecule is CCCCN(CC)c1c(F)c(F)c(F)c(F)c1-c1c(F)c(F)c(F)c(F)c1F. The zero-order valence-electron chi connectivity index (χ0n) is 14.7. The van der Waals surface area contributed by atoms with Crippen molar-refractivity contribution >= 4 is 5.69 Å². The minimum Gasteiger partial charge on any atom is -0.369 e. The normalized spacial score (nSPS) is 11.2. The summed E-state index contributed by atoms with van der Waals surface area (Å²) in [6.07, 6.45) is 0.868. The van der Waals surface area contributed by atoms with Gasteiger partial charge in [-0.15, -0.1) is 0 Å². The van der Waals surface area contributed by atoms with Crippen molar-refractivity contribution in [2.75, 3.05) is 18.0 Å². The highest BCUT2D eigenvalue weighted by molar-refractivity contribution is 5.81. The number of halogens is 9. The maximum absolute atomic E-state index is 14.5. The number of benzene rings is 2. The number of nitrogens with zero attached hydrogens (tertiary/aromatic N) is 1. The van der Waals surface area contributed by atoms with Gasteiger partial charge in [-0.25, -0.2) is 39.5 Å². The van der Waals surface area contributed by atoms with Crippen LogP contribution in [0.3, 0.4) is 0 Å². The molecule has 1 nitrogen and oxygen atoms in total. The third kappa shape index (κ3) is 3.40. The summed E-state index contributed by atoms with van der Waals surface area (Å²) in [7, 11) is 0. The summed E-state index contributed by atoms with van der Waals surface area (Å²) >= 11 is 0. The van der Waals surface area contributed by atoms with Crippen LogP contribution in [0, 0.1) is 52.4 Å². The Hall–Kier alpha value is -2.39. The molecule has 0 spiro atoms. The van der Waals surface area contributed by atoms with E-state index in [2.05, 4.69) is 0 Å². The lowest BCUT2D eigenvalue weighted by Crippen LogP contribution is -2.27. The molecule has 154 valence electrons. The second-order valence-electron chi connectivity index (χ2n) is 5.86. The molecule has 0 atom stereocenters. The molecule has 2 rings (SSSR count). The Morgan fingerprint density at radius 3 is 1.36 bits per heavy atom. The van der Waals surface area contributed by atoms with E-state index in [4.69, 9.17) is 0 Å². The van der Waals surface area contributed by atoms with Gasteiger partial charge in [0.1, 0.15) is 0 Å². The largest absolute Gasteiger partial charge is 0.369 e. The van der Waals surface area contributed by atoms with Crippen molar-refractivity contribution < 1.29 is 39.5 Å². The van der Waals surface area contributed by atoms with Gasteiger partial charge in [0.05, 0.1) is 16.8 Å². The lowest BCUT2D eigenvalue weighted by atomic mass is 9.98. The second-order valence-corrected chi connectivity index (χ2v) is 5.86. The topological polar surface area (TPSA) is 3.24 Å². The van der Waals surface area contributed by atoms with Crippen LogP contribution in [0.25, 0.3) is 11.1 Å². The molecule has 0 aromatic heterocycles. The van der Waals surface area contributed by atoms with E-state index in [9.17, 15) is 39.5 Å². The maximum atomic E-state index is 14.5. The average Bonchev–Trinajstić information content (AvgIpc) is 2.69. The molecule has 28 heavy (non-hydrogen) atoms. The molecule has 0 aliphatic rings. The highest BCUT2D eigenvalue weighted by Crippen LogP contribution is 2.42. The van der Waals surface area contributed by atoms with Gasteiger partial charge in [0.15, 0.2) is 46.5 Å². The molecule has 0 saturated heterocycles. The van der Waals surface area contributed by atoms with Crippen LogP contribution in [0.1, 0.15) is 26.7 Å². The first-order chi connectivity index (χ1) is 13.1. The Balaban J connectivity index is 3.00. The molecule has 0 fully saturated rings. The second kappa shape index (κ2) is 8.32. The van der Waals surface area contributed by atoms with Crippen molar-refractivity contribution in [3.63, 3.8) is 0 Å². The molecule has 0 amide bonds. The molecule has 10 heteroatoms. The monoisotopic (exact) mass is 415 g/mol. The molecule has 0 aliphatic carbocycles. The van der Waals surface area contributed by atoms with E-state index in [-0.39, 0.29) is 13.1 Å². The van der Waals surface area contributed by atoms with E-state index in [1.54, 1.807) is 6.92 Å². The number of hydrogen-bond acceptors (Lipinski definition) is 1. The summed E-state index contributed by atoms with van der Waals surface area (Å²) in [5.41, 5.74) is -4.59. The molecule has 2 aromatic carbocycles. The van der Waals surface area contributed by atoms with Crippen molar-refractivity contribution in [2.24, 2.45) is 0 Å². The quantitative estimate of drug-likeness (QED) is 0.307. The third-order valence-electron chi connectivity index (χ3n) is 4.18. The van der Waals surface area contributed by atoms with E-state index in [0.717, 1.165) is 4.90 Å². The summed E-state index contributed by atoms with van der Waals surface area (Å²) in [6.45, 7) is 2.90. The molecule has 0 bridgehead atoms. The van der Waals surface area contributed by atoms with Crippen LogP contribution in [0.15, 0.2) is 0 Å². The Labute approximate surface area is 154 Å². The fraction of sp³-hybridized carbons (Fsp3) is 0.333. The Morgan fingerprint density at radius 1 is 0.536 bits per heavy atom. The van der Waals surface area contributed by atoms with E-state index in [0.29, 0.717) is 12.8 Å². The Bertz CT molecular complexity index is 882. The zero-order chi connectivity index (χ0) is 21.3. The van der Waals surface area contributed by atoms with Crippen LogP contribution >= 0.6 is 0 Å². The number of anilines is 1. The predicted octanol–water partition coefficient (Wildman–Crippen LogP) is 6.23. The fourth-order valence-corrected chi connectivity index (χ4v) is 2.75. The van der Waals surface area contributed by atoms with Gasteiger partial charge in [0.2, 0.25) is 5.82 Å². The van der Waals surface area contributed by atoms with Crippen LogP contribution in [-0.2, 0) is 0 Å². The van der Waals surface area contributed by atoms with E-state index < -0.39 is 69.2 Å². The predicted molar refractivity (Wildman–Crippen MR) is 84.3 cm³/mol. The minimum atomic E-state index is -2.53. The first-order valence-corrected chi connectivity index (χ1v) is 8.22. The van der Waals surface area contributed by atoms with E-state index in [1.807, 2.05) is 0 Å². The fourth-order valence-electron chi connectivity index (χ4n) is 2.75. The van der Waals surface area contributed by atoms with Gasteiger partial charge in [0.25, 0.3) is 0 Å². The van der Waals surface area contributed by atoms with Crippen molar-refractivity contribution in [1.82, 2.24) is 0 Å². The molecule has 0 saturated carbocycles. The summed E-state index contributed by atoms with van der Waals surface area (Å²) < 4.78 is 125. The van der Waals surface area contributed by atoms with Gasteiger partial charge in [-0.2, -0.15) is 0 Å². The van der Waals surface area contributed by atoms with Gasteiger partial charge in [-0.05, 0) is 13.3 Å². The van der Waals surface area contributed by atoms with Crippen LogP contribution in [-0.4, -0.2) is 13.1 Å². The van der Waals surface area contributed by atoms with Crippen molar-refractivity contribution in [3.05, 3.63) is 52.4 Å². The highest BCUT2D eigenvalue weighted by atomic mass is 19.2. The third-order valence-corrected chi connectivity index (χ3v) is 4.18. The van der Waals surface area contributed by atoms with Crippen LogP contribution in [0.2, 0.25) is 0 Å². The van der Waals surface area contributed by atoms with Crippen LogP contribution < -0.4 is 4.90 Å². The van der Waals surface area contributed by atoms with Crippen molar-refractivity contribution in [2.45, 2.75) is 26.7 Å². The molecule has 2 aromatic rings. The molecule has 0 unspecified atom stereocenters. The first-order valence-electron chi connectivity index (χ1n) is 8.22. The van der Waals surface area contributed by atoms with Gasteiger partial charge >= 0.3 is 0 Å². The van der Waals surface area contributed by atoms with E-state index in [1.165, 1.54) is 6.92 Å². The lowest BCUT2D eigenvalue weighted by Gasteiger charge is -2.27. The van der Waals surface area contributed by atoms with Crippen molar-refractivity contribution in [3.8, 4) is 11.1 Å². The molecule has 0 N–H and O–H groups in total. The summed E-state index contributed by atoms with van der Waals surface area (Å²) in [6, 6.07) is 0. The average molecular weight is 415 g/mol. The van der Waals surface area contributed by atoms with Crippen molar-refractivity contribution in [1.29, 1.82) is 0 Å². The van der Waals surface area contributed by atoms with Crippen LogP contribution in [0.4, 0.5) is 45.2 Å². The Kier molecular flexibility index (Phi) is 6.51. The molecular weight excluding hydrogens is 401 g/mol. The smallest absolute Gasteiger partial charge is 0.200 e. The molecule has 0 heterocycles. The van der Waals surface area contributed by atoms with Gasteiger partial charge in [-0.1, -0.05) is 13.3 Å². The lowest BCUT2D eigenvalue weighted by molar-refractivity contribution is 0.379. The van der Waals surface area contributed by atoms with Crippen LogP contribution in [0.5, 0.6) is 0 Å².